The summed E-state index contributed by atoms with van der Waals surface area (Å²) in [5.41, 5.74) is 19.3. The molecule has 0 aliphatic heterocycles. The zero-order valence-corrected chi connectivity index (χ0v) is 73.2. The van der Waals surface area contributed by atoms with Crippen LogP contribution in [0.25, 0.3) is 280 Å². The first-order chi connectivity index (χ1) is 67.5. The van der Waals surface area contributed by atoms with Crippen molar-refractivity contribution >= 4 is 217 Å². The first kappa shape index (κ1) is 76.5. The number of para-hydroxylation sites is 4. The molecule has 0 atom stereocenters. The second kappa shape index (κ2) is 30.6. The lowest BCUT2D eigenvalue weighted by molar-refractivity contribution is 0.669. The maximum atomic E-state index is 6.31. The zero-order valence-electron chi connectivity index (χ0n) is 73.2. The highest BCUT2D eigenvalue weighted by Crippen LogP contribution is 2.48. The molecule has 10 heteroatoms. The molecule has 23 aromatic carbocycles. The van der Waals surface area contributed by atoms with Crippen LogP contribution in [0, 0.1) is 0 Å². The number of fused-ring (bicyclic) bond motifs is 30. The Morgan fingerprint density at radius 2 is 0.493 bits per heavy atom. The lowest BCUT2D eigenvalue weighted by Crippen LogP contribution is -2.03. The van der Waals surface area contributed by atoms with Gasteiger partial charge in [0.05, 0.1) is 72.4 Å². The first-order valence-electron chi connectivity index (χ1n) is 46.2. The molecule has 0 amide bonds. The third-order valence-corrected chi connectivity index (χ3v) is 27.9. The van der Waals surface area contributed by atoms with E-state index in [9.17, 15) is 0 Å². The van der Waals surface area contributed by atoms with Crippen LogP contribution >= 0.6 is 0 Å². The molecule has 7 heterocycles. The molecule has 0 saturated heterocycles. The van der Waals surface area contributed by atoms with Crippen LogP contribution in [0.5, 0.6) is 0 Å². The number of furan rings is 1. The molecule has 0 radical (unpaired) electrons. The van der Waals surface area contributed by atoms with E-state index in [-0.39, 0.29) is 0 Å². The smallest absolute Gasteiger partial charge is 0.235 e. The van der Waals surface area contributed by atoms with Gasteiger partial charge in [0.15, 0.2) is 5.82 Å². The van der Waals surface area contributed by atoms with Crippen LogP contribution in [0.2, 0.25) is 0 Å². The number of hydrogen-bond donors (Lipinski definition) is 0. The zero-order chi connectivity index (χ0) is 89.2. The average molecular weight is 1730 g/mol. The van der Waals surface area contributed by atoms with E-state index < -0.39 is 0 Å². The van der Waals surface area contributed by atoms with Crippen LogP contribution < -0.4 is 0 Å². The topological polar surface area (TPSA) is 105 Å². The first-order valence-corrected chi connectivity index (χ1v) is 46.2. The maximum Gasteiger partial charge on any atom is 0.235 e. The summed E-state index contributed by atoms with van der Waals surface area (Å²) in [7, 11) is 0. The van der Waals surface area contributed by atoms with E-state index in [4.69, 9.17) is 34.3 Å². The molecule has 0 N–H and O–H groups in total. The van der Waals surface area contributed by atoms with E-state index in [1.54, 1.807) is 0 Å². The fraction of sp³-hybridized carbons (Fsp3) is 0. The van der Waals surface area contributed by atoms with Crippen molar-refractivity contribution in [3.63, 3.8) is 0 Å². The highest BCUT2D eigenvalue weighted by molar-refractivity contribution is 6.32. The van der Waals surface area contributed by atoms with Crippen LogP contribution in [0.1, 0.15) is 0 Å². The van der Waals surface area contributed by atoms with E-state index in [1.165, 1.54) is 130 Å². The molecule has 630 valence electrons. The van der Waals surface area contributed by atoms with Crippen molar-refractivity contribution in [2.75, 3.05) is 0 Å². The van der Waals surface area contributed by atoms with Crippen molar-refractivity contribution < 1.29 is 4.42 Å². The monoisotopic (exact) mass is 1730 g/mol. The van der Waals surface area contributed by atoms with Gasteiger partial charge >= 0.3 is 0 Å². The largest absolute Gasteiger partial charge is 0.456 e. The summed E-state index contributed by atoms with van der Waals surface area (Å²) in [4.78, 5) is 31.6. The van der Waals surface area contributed by atoms with Gasteiger partial charge in [-0.3, -0.25) is 9.13 Å². The summed E-state index contributed by atoms with van der Waals surface area (Å²) >= 11 is 0. The van der Waals surface area contributed by atoms with Crippen LogP contribution in [-0.4, -0.2) is 43.6 Å². The van der Waals surface area contributed by atoms with E-state index in [2.05, 4.69) is 450 Å². The molecule has 0 spiro atoms. The molecule has 30 aromatic rings. The van der Waals surface area contributed by atoms with Gasteiger partial charge in [-0.1, -0.05) is 364 Å². The molecule has 136 heavy (non-hydrogen) atoms. The molecular weight excluding hydrogens is 1660 g/mol. The molecule has 0 aliphatic rings. The molecule has 30 rings (SSSR count). The number of benzene rings is 23. The van der Waals surface area contributed by atoms with Crippen molar-refractivity contribution in [3.05, 3.63) is 455 Å². The van der Waals surface area contributed by atoms with Crippen LogP contribution in [0.4, 0.5) is 0 Å². The molecule has 10 nitrogen and oxygen atoms in total. The Labute approximate surface area is 777 Å². The summed E-state index contributed by atoms with van der Waals surface area (Å²) < 4.78 is 13.3. The second-order valence-corrected chi connectivity index (χ2v) is 35.4. The van der Waals surface area contributed by atoms with Gasteiger partial charge in [0.1, 0.15) is 11.2 Å². The van der Waals surface area contributed by atoms with Gasteiger partial charge in [0.2, 0.25) is 11.9 Å². The fourth-order valence-corrected chi connectivity index (χ4v) is 21.8. The van der Waals surface area contributed by atoms with Crippen molar-refractivity contribution in [2.45, 2.75) is 0 Å². The Morgan fingerprint density at radius 1 is 0.169 bits per heavy atom. The van der Waals surface area contributed by atoms with Crippen molar-refractivity contribution in [3.8, 4) is 62.7 Å². The lowest BCUT2D eigenvalue weighted by Gasteiger charge is -2.15. The Kier molecular flexibility index (Phi) is 17.2. The van der Waals surface area contributed by atoms with Gasteiger partial charge in [-0.15, -0.1) is 0 Å². The van der Waals surface area contributed by atoms with Gasteiger partial charge in [-0.2, -0.15) is 0 Å². The van der Waals surface area contributed by atoms with Gasteiger partial charge in [0, 0.05) is 86.9 Å². The fourth-order valence-electron chi connectivity index (χ4n) is 21.8. The summed E-state index contributed by atoms with van der Waals surface area (Å²) in [5, 5.41) is 34.7. The van der Waals surface area contributed by atoms with Crippen LogP contribution in [0.3, 0.4) is 0 Å². The third kappa shape index (κ3) is 12.0. The average Bonchev–Trinajstić information content (AvgIpc) is 1.57. The number of nitrogens with zero attached hydrogens (tertiary/aromatic N) is 9. The van der Waals surface area contributed by atoms with Gasteiger partial charge < -0.3 is 8.98 Å². The van der Waals surface area contributed by atoms with E-state index in [0.29, 0.717) is 17.7 Å². The molecule has 7 aromatic heterocycles. The minimum atomic E-state index is 0.678. The van der Waals surface area contributed by atoms with Crippen LogP contribution in [-0.2, 0) is 0 Å². The summed E-state index contributed by atoms with van der Waals surface area (Å²) in [6.07, 6.45) is 0. The van der Waals surface area contributed by atoms with Gasteiger partial charge in [0.25, 0.3) is 0 Å². The highest BCUT2D eigenvalue weighted by atomic mass is 16.3. The Balaban J connectivity index is 0.000000103. The third-order valence-electron chi connectivity index (χ3n) is 27.9. The molecular formula is C126H75N9O. The maximum absolute atomic E-state index is 6.31. The van der Waals surface area contributed by atoms with Gasteiger partial charge in [-0.05, 0) is 183 Å². The lowest BCUT2D eigenvalue weighted by atomic mass is 9.99. The highest BCUT2D eigenvalue weighted by Gasteiger charge is 2.27. The minimum absolute atomic E-state index is 0.678. The second-order valence-electron chi connectivity index (χ2n) is 35.4. The predicted octanol–water partition coefficient (Wildman–Crippen LogP) is 33.1. The summed E-state index contributed by atoms with van der Waals surface area (Å²) in [6.45, 7) is 0. The minimum Gasteiger partial charge on any atom is -0.456 e. The van der Waals surface area contributed by atoms with Crippen molar-refractivity contribution in [1.82, 2.24) is 43.6 Å². The quantitative estimate of drug-likeness (QED) is 0.156. The Morgan fingerprint density at radius 3 is 0.971 bits per heavy atom. The SMILES string of the molecule is c1ccc2c(-c3nc(-n4c5ccc6ccccc6c5c5c6ccccc6ccc54)nc4ccccc34)cccc2c1.c1ccc2c(c1)ccc1c2c2c3ccccc3ccc2n1-c1ccc(-c2nc(-c3ccc4c(c3)oc3ccccc34)c3ccccc3n2)c2ccccc12.c1ccc2cc(-c3nc(-n4c5ccc6ccccc6c5c5c6ccccc6ccc54)nc4ccccc34)ccc2c1. The molecule has 0 saturated carbocycles. The standard InChI is InChI=1S/C50H29N3O.2C38H23N3/c1-3-13-33-30(11-1)22-26-43-47(33)48-34-14-4-2-12-31(34)23-27-44(48)53(43)42-28-25-39(35-15-5-6-16-36(35)42)50-51-41-19-9-7-18-40(41)49(52-50)32-21-24-38-37-17-8-10-20-45(37)54-46(38)29-32;1-4-14-27-24(10-1)13-9-18-30(27)37-31-17-7-8-19-32(31)39-38(40-37)41-33-22-20-25-11-2-5-15-28(25)35(33)36-29-16-6-3-12-26(29)21-23-34(36)41;1-2-12-27-23-28(18-17-24(27)9-1)37-31-15-7-8-16-32(31)39-38(40-37)41-33-21-19-25-10-3-5-13-29(25)35(33)36-30-14-6-4-11-26(30)20-22-34(36)41/h1-29H;2*1-23H. The molecule has 0 aliphatic carbocycles. The normalized spacial score (nSPS) is 12.0. The van der Waals surface area contributed by atoms with E-state index in [0.717, 1.165) is 133 Å². The van der Waals surface area contributed by atoms with Gasteiger partial charge in [-0.25, -0.2) is 29.9 Å². The predicted molar refractivity (Wildman–Crippen MR) is 568 cm³/mol. The number of aromatic nitrogens is 9. The summed E-state index contributed by atoms with van der Waals surface area (Å²) in [5.74, 6) is 2.05. The molecule has 0 fully saturated rings. The van der Waals surface area contributed by atoms with Crippen molar-refractivity contribution in [1.29, 1.82) is 0 Å². The number of rotatable bonds is 7. The molecule has 0 unspecified atom stereocenters. The Bertz CT molecular complexity index is 10000. The molecule has 0 bridgehead atoms. The van der Waals surface area contributed by atoms with E-state index >= 15 is 0 Å². The summed E-state index contributed by atoms with van der Waals surface area (Å²) in [6, 6.07) is 162. The van der Waals surface area contributed by atoms with Crippen molar-refractivity contribution in [2.24, 2.45) is 0 Å². The van der Waals surface area contributed by atoms with E-state index in [1.807, 2.05) is 18.2 Å². The van der Waals surface area contributed by atoms with Crippen LogP contribution in [0.15, 0.2) is 459 Å². The Hall–Kier alpha value is -18.4. The number of hydrogen-bond acceptors (Lipinski definition) is 7.